The van der Waals surface area contributed by atoms with Crippen molar-refractivity contribution in [1.82, 2.24) is 4.90 Å². The van der Waals surface area contributed by atoms with E-state index in [0.717, 1.165) is 19.4 Å². The zero-order chi connectivity index (χ0) is 13.4. The molecule has 1 aromatic rings. The third-order valence-electron chi connectivity index (χ3n) is 3.20. The molecule has 1 unspecified atom stereocenters. The lowest BCUT2D eigenvalue weighted by atomic mass is 10.1. The number of nitrogens with zero attached hydrogens (tertiary/aromatic N) is 2. The van der Waals surface area contributed by atoms with Gasteiger partial charge in [-0.3, -0.25) is 0 Å². The van der Waals surface area contributed by atoms with E-state index in [2.05, 4.69) is 48.3 Å². The highest BCUT2D eigenvalue weighted by molar-refractivity contribution is 5.80. The quantitative estimate of drug-likeness (QED) is 0.336. The van der Waals surface area contributed by atoms with Crippen molar-refractivity contribution in [3.63, 3.8) is 0 Å². The summed E-state index contributed by atoms with van der Waals surface area (Å²) in [5.41, 5.74) is 6.88. The maximum atomic E-state index is 8.53. The third kappa shape index (κ3) is 5.19. The summed E-state index contributed by atoms with van der Waals surface area (Å²) < 4.78 is 0. The molecule has 1 atom stereocenters. The minimum atomic E-state index is 0.289. The molecule has 0 saturated carbocycles. The minimum Gasteiger partial charge on any atom is -0.409 e. The van der Waals surface area contributed by atoms with E-state index < -0.39 is 0 Å². The van der Waals surface area contributed by atoms with Gasteiger partial charge in [0.1, 0.15) is 5.84 Å². The average molecular weight is 249 g/mol. The van der Waals surface area contributed by atoms with Crippen LogP contribution in [0, 0.1) is 0 Å². The molecule has 0 amide bonds. The Morgan fingerprint density at radius 2 is 2.06 bits per heavy atom. The summed E-state index contributed by atoms with van der Waals surface area (Å²) >= 11 is 0. The fraction of sp³-hybridized carbons (Fsp3) is 0.500. The highest BCUT2D eigenvalue weighted by atomic mass is 16.4. The third-order valence-corrected chi connectivity index (χ3v) is 3.20. The molecular weight excluding hydrogens is 226 g/mol. The van der Waals surface area contributed by atoms with Gasteiger partial charge in [-0.2, -0.15) is 0 Å². The van der Waals surface area contributed by atoms with Gasteiger partial charge in [0.05, 0.1) is 0 Å². The Kier molecular flexibility index (Phi) is 6.22. The largest absolute Gasteiger partial charge is 0.409 e. The van der Waals surface area contributed by atoms with Gasteiger partial charge in [0.2, 0.25) is 0 Å². The molecule has 0 heterocycles. The summed E-state index contributed by atoms with van der Waals surface area (Å²) in [6.45, 7) is 3.09. The molecule has 3 N–H and O–H groups in total. The van der Waals surface area contributed by atoms with Crippen LogP contribution in [-0.4, -0.2) is 35.6 Å². The van der Waals surface area contributed by atoms with E-state index in [1.807, 2.05) is 6.07 Å². The number of hydrogen-bond acceptors (Lipinski definition) is 3. The summed E-state index contributed by atoms with van der Waals surface area (Å²) in [6, 6.07) is 10.8. The Bertz CT molecular complexity index is 365. The van der Waals surface area contributed by atoms with Crippen LogP contribution in [0.2, 0.25) is 0 Å². The van der Waals surface area contributed by atoms with Crippen LogP contribution in [0.4, 0.5) is 0 Å². The summed E-state index contributed by atoms with van der Waals surface area (Å²) in [5.74, 6) is 0.289. The van der Waals surface area contributed by atoms with E-state index in [9.17, 15) is 0 Å². The molecule has 1 rings (SSSR count). The number of nitrogens with two attached hydrogens (primary N) is 1. The molecule has 0 radical (unpaired) electrons. The van der Waals surface area contributed by atoms with Gasteiger partial charge in [-0.1, -0.05) is 35.5 Å². The van der Waals surface area contributed by atoms with Crippen molar-refractivity contribution in [3.05, 3.63) is 35.9 Å². The van der Waals surface area contributed by atoms with Crippen LogP contribution in [0.15, 0.2) is 35.5 Å². The van der Waals surface area contributed by atoms with Crippen LogP contribution >= 0.6 is 0 Å². The molecule has 0 spiro atoms. The number of amidine groups is 1. The standard InChI is InChI=1S/C14H23N3O/c1-12(11-14(15)16-18)17(2)10-6-9-13-7-4-3-5-8-13/h3-5,7-8,12,18H,6,9-11H2,1-2H3,(H2,15,16). The predicted octanol–water partition coefficient (Wildman–Crippen LogP) is 2.08. The van der Waals surface area contributed by atoms with Gasteiger partial charge >= 0.3 is 0 Å². The lowest BCUT2D eigenvalue weighted by Crippen LogP contribution is -2.34. The number of hydrogen-bond donors (Lipinski definition) is 2. The van der Waals surface area contributed by atoms with E-state index in [1.165, 1.54) is 5.56 Å². The van der Waals surface area contributed by atoms with Crippen LogP contribution in [-0.2, 0) is 6.42 Å². The zero-order valence-electron chi connectivity index (χ0n) is 11.2. The summed E-state index contributed by atoms with van der Waals surface area (Å²) in [5, 5.41) is 11.5. The SMILES string of the molecule is CC(C/C(N)=N/O)N(C)CCCc1ccccc1. The Balaban J connectivity index is 2.26. The molecule has 0 aliphatic rings. The second kappa shape index (κ2) is 7.71. The minimum absolute atomic E-state index is 0.289. The average Bonchev–Trinajstić information content (AvgIpc) is 2.39. The van der Waals surface area contributed by atoms with Crippen molar-refractivity contribution in [2.45, 2.75) is 32.2 Å². The molecule has 0 aliphatic carbocycles. The smallest absolute Gasteiger partial charge is 0.140 e. The van der Waals surface area contributed by atoms with Gasteiger partial charge in [0.15, 0.2) is 0 Å². The van der Waals surface area contributed by atoms with E-state index in [4.69, 9.17) is 10.9 Å². The van der Waals surface area contributed by atoms with Crippen LogP contribution < -0.4 is 5.73 Å². The molecule has 100 valence electrons. The van der Waals surface area contributed by atoms with Gasteiger partial charge < -0.3 is 15.8 Å². The van der Waals surface area contributed by atoms with Crippen LogP contribution in [0.1, 0.15) is 25.3 Å². The Morgan fingerprint density at radius 1 is 1.39 bits per heavy atom. The fourth-order valence-corrected chi connectivity index (χ4v) is 1.90. The number of benzene rings is 1. The van der Waals surface area contributed by atoms with Crippen molar-refractivity contribution in [3.8, 4) is 0 Å². The van der Waals surface area contributed by atoms with Crippen LogP contribution in [0.5, 0.6) is 0 Å². The van der Waals surface area contributed by atoms with Gasteiger partial charge in [-0.05, 0) is 38.9 Å². The van der Waals surface area contributed by atoms with Crippen molar-refractivity contribution < 1.29 is 5.21 Å². The summed E-state index contributed by atoms with van der Waals surface area (Å²) in [4.78, 5) is 2.24. The van der Waals surface area contributed by atoms with Gasteiger partial charge in [-0.25, -0.2) is 0 Å². The monoisotopic (exact) mass is 249 g/mol. The van der Waals surface area contributed by atoms with E-state index in [1.54, 1.807) is 0 Å². The van der Waals surface area contributed by atoms with Gasteiger partial charge in [-0.15, -0.1) is 0 Å². The Hall–Kier alpha value is -1.55. The second-order valence-electron chi connectivity index (χ2n) is 4.71. The number of rotatable bonds is 7. The van der Waals surface area contributed by atoms with Crippen molar-refractivity contribution >= 4 is 5.84 Å². The highest BCUT2D eigenvalue weighted by Gasteiger charge is 2.10. The molecule has 0 bridgehead atoms. The zero-order valence-corrected chi connectivity index (χ0v) is 11.2. The van der Waals surface area contributed by atoms with Crippen LogP contribution in [0.25, 0.3) is 0 Å². The first-order valence-electron chi connectivity index (χ1n) is 6.34. The summed E-state index contributed by atoms with van der Waals surface area (Å²) in [7, 11) is 2.07. The van der Waals surface area contributed by atoms with Crippen molar-refractivity contribution in [2.24, 2.45) is 10.9 Å². The predicted molar refractivity (Wildman–Crippen MR) is 74.9 cm³/mol. The molecule has 1 aromatic carbocycles. The maximum Gasteiger partial charge on any atom is 0.140 e. The molecule has 0 aliphatic heterocycles. The Morgan fingerprint density at radius 3 is 2.67 bits per heavy atom. The molecule has 0 fully saturated rings. The van der Waals surface area contributed by atoms with Crippen LogP contribution in [0.3, 0.4) is 0 Å². The Labute approximate surface area is 109 Å². The summed E-state index contributed by atoms with van der Waals surface area (Å²) in [6.07, 6.45) is 2.79. The first-order valence-corrected chi connectivity index (χ1v) is 6.34. The fourth-order valence-electron chi connectivity index (χ4n) is 1.90. The van der Waals surface area contributed by atoms with Gasteiger partial charge in [0, 0.05) is 12.5 Å². The number of oxime groups is 1. The molecule has 0 saturated heterocycles. The maximum absolute atomic E-state index is 8.53. The topological polar surface area (TPSA) is 61.9 Å². The lowest BCUT2D eigenvalue weighted by molar-refractivity contribution is 0.256. The second-order valence-corrected chi connectivity index (χ2v) is 4.71. The molecular formula is C14H23N3O. The molecule has 4 heteroatoms. The van der Waals surface area contributed by atoms with E-state index in [-0.39, 0.29) is 11.9 Å². The highest BCUT2D eigenvalue weighted by Crippen LogP contribution is 2.06. The molecule has 18 heavy (non-hydrogen) atoms. The van der Waals surface area contributed by atoms with Crippen molar-refractivity contribution in [1.29, 1.82) is 0 Å². The van der Waals surface area contributed by atoms with E-state index >= 15 is 0 Å². The normalized spacial score (nSPS) is 13.8. The first kappa shape index (κ1) is 14.5. The molecule has 4 nitrogen and oxygen atoms in total. The lowest BCUT2D eigenvalue weighted by Gasteiger charge is -2.24. The van der Waals surface area contributed by atoms with Crippen molar-refractivity contribution in [2.75, 3.05) is 13.6 Å². The molecule has 0 aromatic heterocycles. The van der Waals surface area contributed by atoms with E-state index in [0.29, 0.717) is 6.42 Å². The number of aryl methyl sites for hydroxylation is 1. The van der Waals surface area contributed by atoms with Gasteiger partial charge in [0.25, 0.3) is 0 Å². The first-order chi connectivity index (χ1) is 8.63.